The predicted molar refractivity (Wildman–Crippen MR) is 264 cm³/mol. The van der Waals surface area contributed by atoms with Crippen molar-refractivity contribution in [3.05, 3.63) is 218 Å². The summed E-state index contributed by atoms with van der Waals surface area (Å²) in [7, 11) is 0. The van der Waals surface area contributed by atoms with Crippen LogP contribution in [0.1, 0.15) is 0 Å². The van der Waals surface area contributed by atoms with Gasteiger partial charge in [-0.1, -0.05) is 170 Å². The molecule has 13 rings (SSSR count). The molecule has 0 atom stereocenters. The smallest absolute Gasteiger partial charge is 0.167 e. The minimum absolute atomic E-state index is 0.543. The Bertz CT molecular complexity index is 3960. The van der Waals surface area contributed by atoms with Crippen LogP contribution in [0.2, 0.25) is 0 Å². The molecule has 13 aromatic rings. The molecule has 0 amide bonds. The summed E-state index contributed by atoms with van der Waals surface area (Å²) in [4.78, 5) is 15.9. The molecule has 0 radical (unpaired) electrons. The minimum Gasteiger partial charge on any atom is -0.455 e. The summed E-state index contributed by atoms with van der Waals surface area (Å²) >= 11 is 0. The Morgan fingerprint density at radius 3 is 1.75 bits per heavy atom. The van der Waals surface area contributed by atoms with Gasteiger partial charge >= 0.3 is 0 Å². The normalized spacial score (nSPS) is 11.8. The van der Waals surface area contributed by atoms with Crippen LogP contribution >= 0.6 is 0 Å². The lowest BCUT2D eigenvalue weighted by molar-refractivity contribution is 0.669. The van der Waals surface area contributed by atoms with E-state index < -0.39 is 0 Å². The summed E-state index contributed by atoms with van der Waals surface area (Å²) in [6, 6.07) is 77.2. The van der Waals surface area contributed by atoms with Crippen LogP contribution in [0.3, 0.4) is 0 Å². The van der Waals surface area contributed by atoms with E-state index in [2.05, 4.69) is 180 Å². The Balaban J connectivity index is 1.12. The fraction of sp³-hybridized carbons (Fsp3) is 0. The fourth-order valence-corrected chi connectivity index (χ4v) is 9.64. The molecule has 0 N–H and O–H groups in total. The number of rotatable bonds is 6. The van der Waals surface area contributed by atoms with Crippen molar-refractivity contribution in [3.63, 3.8) is 0 Å². The molecule has 3 heterocycles. The van der Waals surface area contributed by atoms with E-state index in [0.717, 1.165) is 72.0 Å². The predicted octanol–water partition coefficient (Wildman–Crippen LogP) is 15.5. The highest BCUT2D eigenvalue weighted by Gasteiger charge is 2.21. The topological polar surface area (TPSA) is 56.7 Å². The van der Waals surface area contributed by atoms with E-state index in [1.54, 1.807) is 0 Å². The number of aromatic nitrogens is 4. The molecular weight excluding hydrogens is 781 g/mol. The molecule has 0 unspecified atom stereocenters. The lowest BCUT2D eigenvalue weighted by atomic mass is 9.92. The number of furan rings is 1. The minimum atomic E-state index is 0.543. The molecule has 0 spiro atoms. The molecule has 0 aliphatic heterocycles. The molecule has 0 saturated heterocycles. The maximum absolute atomic E-state index is 6.57. The third kappa shape index (κ3) is 5.83. The van der Waals surface area contributed by atoms with Crippen LogP contribution in [0.5, 0.6) is 0 Å². The molecule has 5 nitrogen and oxygen atoms in total. The molecular formula is C59H36N4O. The maximum Gasteiger partial charge on any atom is 0.167 e. The van der Waals surface area contributed by atoms with Crippen LogP contribution in [0.25, 0.3) is 127 Å². The van der Waals surface area contributed by atoms with Crippen molar-refractivity contribution in [2.24, 2.45) is 0 Å². The van der Waals surface area contributed by atoms with Gasteiger partial charge in [-0.2, -0.15) is 0 Å². The Kier molecular flexibility index (Phi) is 8.15. The molecule has 3 aromatic heterocycles. The van der Waals surface area contributed by atoms with Crippen LogP contribution in [0.15, 0.2) is 223 Å². The van der Waals surface area contributed by atoms with Gasteiger partial charge in [0.25, 0.3) is 0 Å². The Labute approximate surface area is 368 Å². The van der Waals surface area contributed by atoms with E-state index >= 15 is 0 Å². The first kappa shape index (κ1) is 36.0. The second-order valence-electron chi connectivity index (χ2n) is 16.4. The number of fused-ring (bicyclic) bond motifs is 9. The van der Waals surface area contributed by atoms with Gasteiger partial charge in [0, 0.05) is 38.4 Å². The second-order valence-corrected chi connectivity index (χ2v) is 16.4. The van der Waals surface area contributed by atoms with Crippen LogP contribution in [-0.4, -0.2) is 19.5 Å². The van der Waals surface area contributed by atoms with Crippen molar-refractivity contribution in [3.8, 4) is 62.1 Å². The standard InChI is InChI=1S/C59H36N4O/c1-3-16-37(17-4-1)39-30-31-48-47-24-11-13-28-53(47)63(54(48)36-39)43-33-41(52-35-40-20-7-8-21-44(40)45-22-9-10-23-46(45)52)32-42(34-43)58-60-57(38-18-5-2-6-19-38)61-59(62-58)51-27-15-26-50-49-25-12-14-29-55(49)64-56(50)51/h1-36H. The summed E-state index contributed by atoms with van der Waals surface area (Å²) in [5.74, 6) is 1.69. The average Bonchev–Trinajstić information content (AvgIpc) is 3.92. The number of hydrogen-bond donors (Lipinski definition) is 0. The molecule has 0 fully saturated rings. The van der Waals surface area contributed by atoms with Crippen LogP contribution in [0.4, 0.5) is 0 Å². The van der Waals surface area contributed by atoms with Crippen molar-refractivity contribution >= 4 is 65.3 Å². The Morgan fingerprint density at radius 1 is 0.312 bits per heavy atom. The number of hydrogen-bond acceptors (Lipinski definition) is 4. The van der Waals surface area contributed by atoms with Crippen LogP contribution < -0.4 is 0 Å². The lowest BCUT2D eigenvalue weighted by Gasteiger charge is -2.16. The summed E-state index contributed by atoms with van der Waals surface area (Å²) in [5, 5.41) is 9.24. The summed E-state index contributed by atoms with van der Waals surface area (Å²) in [5.41, 5.74) is 11.9. The largest absolute Gasteiger partial charge is 0.455 e. The van der Waals surface area contributed by atoms with Gasteiger partial charge in [-0.15, -0.1) is 0 Å². The van der Waals surface area contributed by atoms with Gasteiger partial charge in [0.05, 0.1) is 16.6 Å². The molecule has 5 heteroatoms. The molecule has 64 heavy (non-hydrogen) atoms. The highest BCUT2D eigenvalue weighted by molar-refractivity contribution is 6.15. The van der Waals surface area contributed by atoms with Crippen molar-refractivity contribution in [2.75, 3.05) is 0 Å². The van der Waals surface area contributed by atoms with E-state index in [0.29, 0.717) is 17.5 Å². The summed E-state index contributed by atoms with van der Waals surface area (Å²) < 4.78 is 8.98. The van der Waals surface area contributed by atoms with Crippen molar-refractivity contribution in [2.45, 2.75) is 0 Å². The average molecular weight is 817 g/mol. The van der Waals surface area contributed by atoms with Crippen LogP contribution in [0, 0.1) is 0 Å². The Morgan fingerprint density at radius 2 is 0.922 bits per heavy atom. The highest BCUT2D eigenvalue weighted by atomic mass is 16.3. The molecule has 0 saturated carbocycles. The fourth-order valence-electron chi connectivity index (χ4n) is 9.64. The van der Waals surface area contributed by atoms with E-state index in [-0.39, 0.29) is 0 Å². The second kappa shape index (κ2) is 14.5. The molecule has 0 aliphatic carbocycles. The zero-order valence-electron chi connectivity index (χ0n) is 34.5. The molecule has 298 valence electrons. The van der Waals surface area contributed by atoms with Gasteiger partial charge in [0.15, 0.2) is 17.5 Å². The van der Waals surface area contributed by atoms with Gasteiger partial charge < -0.3 is 8.98 Å². The van der Waals surface area contributed by atoms with Crippen molar-refractivity contribution in [1.82, 2.24) is 19.5 Å². The first-order valence-corrected chi connectivity index (χ1v) is 21.6. The third-order valence-electron chi connectivity index (χ3n) is 12.6. The van der Waals surface area contributed by atoms with Crippen molar-refractivity contribution in [1.29, 1.82) is 0 Å². The molecule has 0 bridgehead atoms. The number of nitrogens with zero attached hydrogens (tertiary/aromatic N) is 4. The Hall–Kier alpha value is -8.67. The van der Waals surface area contributed by atoms with Gasteiger partial charge in [-0.3, -0.25) is 0 Å². The van der Waals surface area contributed by atoms with Gasteiger partial charge in [0.2, 0.25) is 0 Å². The van der Waals surface area contributed by atoms with Crippen molar-refractivity contribution < 1.29 is 4.42 Å². The number of benzene rings is 10. The monoisotopic (exact) mass is 816 g/mol. The first-order valence-electron chi connectivity index (χ1n) is 21.6. The molecule has 10 aromatic carbocycles. The maximum atomic E-state index is 6.57. The van der Waals surface area contributed by atoms with E-state index in [9.17, 15) is 0 Å². The van der Waals surface area contributed by atoms with Crippen LogP contribution in [-0.2, 0) is 0 Å². The quantitative estimate of drug-likeness (QED) is 0.157. The summed E-state index contributed by atoms with van der Waals surface area (Å²) in [6.07, 6.45) is 0. The first-order chi connectivity index (χ1) is 31.7. The highest BCUT2D eigenvalue weighted by Crippen LogP contribution is 2.42. The zero-order chi connectivity index (χ0) is 42.1. The number of para-hydroxylation sites is 3. The zero-order valence-corrected chi connectivity index (χ0v) is 34.5. The third-order valence-corrected chi connectivity index (χ3v) is 12.6. The van der Waals surface area contributed by atoms with Gasteiger partial charge in [0.1, 0.15) is 11.2 Å². The SMILES string of the molecule is c1ccc(-c2ccc3c4ccccc4n(-c4cc(-c5nc(-c6ccccc6)nc(-c6cccc7c6oc6ccccc67)n5)cc(-c5cc6ccccc6c6ccccc56)c4)c3c2)cc1. The van der Waals surface area contributed by atoms with Gasteiger partial charge in [-0.05, 0) is 92.3 Å². The lowest BCUT2D eigenvalue weighted by Crippen LogP contribution is -2.02. The van der Waals surface area contributed by atoms with Gasteiger partial charge in [-0.25, -0.2) is 15.0 Å². The van der Waals surface area contributed by atoms with E-state index in [1.165, 1.54) is 37.9 Å². The van der Waals surface area contributed by atoms with E-state index in [1.807, 2.05) is 42.5 Å². The molecule has 0 aliphatic rings. The summed E-state index contributed by atoms with van der Waals surface area (Å²) in [6.45, 7) is 0. The van der Waals surface area contributed by atoms with E-state index in [4.69, 9.17) is 19.4 Å².